The van der Waals surface area contributed by atoms with E-state index in [9.17, 15) is 4.39 Å². The Hall–Kier alpha value is 1.01. The Balaban J connectivity index is 2.96. The molecule has 0 radical (unpaired) electrons. The van der Waals surface area contributed by atoms with E-state index in [-0.39, 0.29) is 21.0 Å². The van der Waals surface area contributed by atoms with Crippen molar-refractivity contribution >= 4 is 31.8 Å². The summed E-state index contributed by atoms with van der Waals surface area (Å²) in [6, 6.07) is 0. The van der Waals surface area contributed by atoms with Crippen LogP contribution >= 0.6 is 31.8 Å². The molecule has 0 bridgehead atoms. The first kappa shape index (κ1) is 16.1. The van der Waals surface area contributed by atoms with Crippen LogP contribution in [-0.4, -0.2) is 21.4 Å². The fourth-order valence-corrected chi connectivity index (χ4v) is 3.10. The minimum atomic E-state index is -2.04. The number of hydrogen-bond acceptors (Lipinski definition) is 2. The molecule has 17 heavy (non-hydrogen) atoms. The highest BCUT2D eigenvalue weighted by Gasteiger charge is 2.55. The lowest BCUT2D eigenvalue weighted by Gasteiger charge is -2.37. The van der Waals surface area contributed by atoms with Gasteiger partial charge in [-0.3, -0.25) is 0 Å². The standard InChI is InChI=1S/C12H23FIO2P/c1-6-7-10(2,3)8-9(11(4,5)14)16-12(13,17)15-8/h8-9H,6-7,17H2,1-5H3. The maximum Gasteiger partial charge on any atom is 0.332 e. The van der Waals surface area contributed by atoms with Gasteiger partial charge in [0.2, 0.25) is 0 Å². The first-order chi connectivity index (χ1) is 7.49. The molecule has 0 saturated carbocycles. The van der Waals surface area contributed by atoms with Crippen LogP contribution in [0.1, 0.15) is 47.5 Å². The Morgan fingerprint density at radius 1 is 1.24 bits per heavy atom. The highest BCUT2D eigenvalue weighted by atomic mass is 127. The molecule has 0 N–H and O–H groups in total. The zero-order valence-corrected chi connectivity index (χ0v) is 14.5. The molecule has 1 saturated heterocycles. The van der Waals surface area contributed by atoms with E-state index in [1.54, 1.807) is 0 Å². The molecule has 1 rings (SSSR count). The van der Waals surface area contributed by atoms with Gasteiger partial charge in [-0.2, -0.15) is 4.39 Å². The summed E-state index contributed by atoms with van der Waals surface area (Å²) in [5, 5.41) is 0. The summed E-state index contributed by atoms with van der Waals surface area (Å²) in [5.74, 6) is -2.04. The molecule has 4 unspecified atom stereocenters. The van der Waals surface area contributed by atoms with Gasteiger partial charge in [-0.25, -0.2) is 0 Å². The molecule has 1 aliphatic heterocycles. The molecule has 5 heteroatoms. The van der Waals surface area contributed by atoms with Gasteiger partial charge < -0.3 is 9.47 Å². The van der Waals surface area contributed by atoms with Gasteiger partial charge in [0.15, 0.2) is 0 Å². The van der Waals surface area contributed by atoms with E-state index in [1.807, 2.05) is 23.1 Å². The van der Waals surface area contributed by atoms with Crippen LogP contribution in [0.5, 0.6) is 0 Å². The van der Waals surface area contributed by atoms with Crippen molar-refractivity contribution in [1.82, 2.24) is 0 Å². The average molecular weight is 376 g/mol. The smallest absolute Gasteiger partial charge is 0.314 e. The lowest BCUT2D eigenvalue weighted by atomic mass is 9.77. The first-order valence-electron chi connectivity index (χ1n) is 6.02. The van der Waals surface area contributed by atoms with Crippen LogP contribution in [-0.2, 0) is 9.47 Å². The van der Waals surface area contributed by atoms with E-state index >= 15 is 0 Å². The lowest BCUT2D eigenvalue weighted by Crippen LogP contribution is -2.45. The summed E-state index contributed by atoms with van der Waals surface area (Å²) < 4.78 is 24.7. The first-order valence-corrected chi connectivity index (χ1v) is 7.67. The quantitative estimate of drug-likeness (QED) is 0.415. The van der Waals surface area contributed by atoms with Crippen molar-refractivity contribution in [2.45, 2.75) is 68.9 Å². The Morgan fingerprint density at radius 3 is 2.12 bits per heavy atom. The summed E-state index contributed by atoms with van der Waals surface area (Å²) >= 11 is 2.30. The lowest BCUT2D eigenvalue weighted by molar-refractivity contribution is -0.200. The third-order valence-electron chi connectivity index (χ3n) is 3.19. The average Bonchev–Trinajstić information content (AvgIpc) is 2.41. The number of ether oxygens (including phenoxy) is 2. The van der Waals surface area contributed by atoms with Gasteiger partial charge in [0.05, 0.1) is 6.10 Å². The van der Waals surface area contributed by atoms with Crippen molar-refractivity contribution in [3.05, 3.63) is 0 Å². The van der Waals surface area contributed by atoms with Crippen LogP contribution in [0.4, 0.5) is 4.39 Å². The van der Waals surface area contributed by atoms with Crippen molar-refractivity contribution in [2.75, 3.05) is 0 Å². The summed E-state index contributed by atoms with van der Waals surface area (Å²) in [7, 11) is 2.02. The molecule has 2 nitrogen and oxygen atoms in total. The van der Waals surface area contributed by atoms with Gasteiger partial charge >= 0.3 is 5.78 Å². The molecule has 0 amide bonds. The Bertz CT molecular complexity index is 276. The van der Waals surface area contributed by atoms with Gasteiger partial charge in [-0.15, -0.1) is 0 Å². The minimum Gasteiger partial charge on any atom is -0.314 e. The second-order valence-electron chi connectivity index (χ2n) is 5.96. The summed E-state index contributed by atoms with van der Waals surface area (Å²) in [6.07, 6.45) is 1.58. The zero-order valence-electron chi connectivity index (χ0n) is 11.2. The fourth-order valence-electron chi connectivity index (χ4n) is 2.35. The molecule has 0 aliphatic carbocycles. The minimum absolute atomic E-state index is 0.0910. The van der Waals surface area contributed by atoms with E-state index in [0.29, 0.717) is 0 Å². The molecule has 1 heterocycles. The molecule has 0 aromatic heterocycles. The van der Waals surface area contributed by atoms with Crippen LogP contribution in [0.3, 0.4) is 0 Å². The van der Waals surface area contributed by atoms with Gasteiger partial charge in [-0.1, -0.05) is 49.8 Å². The predicted octanol–water partition coefficient (Wildman–Crippen LogP) is 4.27. The van der Waals surface area contributed by atoms with Crippen molar-refractivity contribution in [3.8, 4) is 0 Å². The van der Waals surface area contributed by atoms with Crippen molar-refractivity contribution in [3.63, 3.8) is 0 Å². The van der Waals surface area contributed by atoms with E-state index in [1.165, 1.54) is 0 Å². The van der Waals surface area contributed by atoms with Crippen LogP contribution in [0, 0.1) is 5.41 Å². The van der Waals surface area contributed by atoms with Crippen LogP contribution in [0.25, 0.3) is 0 Å². The number of hydrogen-bond donors (Lipinski definition) is 0. The molecule has 0 aromatic carbocycles. The molecular formula is C12H23FIO2P. The maximum atomic E-state index is 13.9. The summed E-state index contributed by atoms with van der Waals surface area (Å²) in [4.78, 5) is 0. The second kappa shape index (κ2) is 5.18. The summed E-state index contributed by atoms with van der Waals surface area (Å²) in [6.45, 7) is 10.5. The fraction of sp³-hybridized carbons (Fsp3) is 1.00. The normalized spacial score (nSPS) is 35.3. The monoisotopic (exact) mass is 376 g/mol. The predicted molar refractivity (Wildman–Crippen MR) is 80.1 cm³/mol. The number of halogens is 2. The van der Waals surface area contributed by atoms with E-state index in [4.69, 9.17) is 9.47 Å². The zero-order chi connectivity index (χ0) is 13.5. The second-order valence-corrected chi connectivity index (χ2v) is 9.43. The molecule has 4 atom stereocenters. The van der Waals surface area contributed by atoms with Gasteiger partial charge in [0, 0.05) is 3.42 Å². The Morgan fingerprint density at radius 2 is 1.71 bits per heavy atom. The van der Waals surface area contributed by atoms with E-state index < -0.39 is 5.78 Å². The molecule has 1 aliphatic rings. The molecule has 0 spiro atoms. The van der Waals surface area contributed by atoms with Gasteiger partial charge in [-0.05, 0) is 34.9 Å². The van der Waals surface area contributed by atoms with Crippen LogP contribution in [0.2, 0.25) is 0 Å². The van der Waals surface area contributed by atoms with Crippen molar-refractivity contribution in [2.24, 2.45) is 5.41 Å². The van der Waals surface area contributed by atoms with Crippen LogP contribution < -0.4 is 0 Å². The number of rotatable bonds is 4. The van der Waals surface area contributed by atoms with Crippen LogP contribution in [0.15, 0.2) is 0 Å². The largest absolute Gasteiger partial charge is 0.332 e. The third kappa shape index (κ3) is 3.99. The molecule has 1 fully saturated rings. The third-order valence-corrected chi connectivity index (χ3v) is 4.08. The number of alkyl halides is 2. The Kier molecular flexibility index (Phi) is 4.90. The molecule has 0 aromatic rings. The maximum absolute atomic E-state index is 13.9. The van der Waals surface area contributed by atoms with Crippen molar-refractivity contribution in [1.29, 1.82) is 0 Å². The topological polar surface area (TPSA) is 18.5 Å². The van der Waals surface area contributed by atoms with Crippen molar-refractivity contribution < 1.29 is 13.9 Å². The summed E-state index contributed by atoms with van der Waals surface area (Å²) in [5.41, 5.74) is -0.0910. The van der Waals surface area contributed by atoms with E-state index in [0.717, 1.165) is 12.8 Å². The van der Waals surface area contributed by atoms with Gasteiger partial charge in [0.25, 0.3) is 0 Å². The molecule has 102 valence electrons. The van der Waals surface area contributed by atoms with E-state index in [2.05, 4.69) is 43.4 Å². The molecular weight excluding hydrogens is 353 g/mol. The Labute approximate surface area is 120 Å². The SMILES string of the molecule is CCCC(C)(C)C1OC(F)(P)OC1C(C)(C)I. The highest BCUT2D eigenvalue weighted by molar-refractivity contribution is 14.1. The highest BCUT2D eigenvalue weighted by Crippen LogP contribution is 2.48. The van der Waals surface area contributed by atoms with Gasteiger partial charge in [0.1, 0.15) is 6.10 Å².